The molecule has 1 aliphatic heterocycles. The zero-order valence-electron chi connectivity index (χ0n) is 7.66. The smallest absolute Gasteiger partial charge is 0.0666 e. The first-order chi connectivity index (χ1) is 5.79. The van der Waals surface area contributed by atoms with E-state index in [-0.39, 0.29) is 6.10 Å². The fraction of sp³-hybridized carbons (Fsp3) is 1.00. The fourth-order valence-corrected chi connectivity index (χ4v) is 2.44. The summed E-state index contributed by atoms with van der Waals surface area (Å²) < 4.78 is 5.48. The third-order valence-electron chi connectivity index (χ3n) is 2.01. The van der Waals surface area contributed by atoms with E-state index in [2.05, 4.69) is 0 Å². The maximum atomic E-state index is 9.00. The average Bonchev–Trinajstić information content (AvgIpc) is 2.49. The monoisotopic (exact) mass is 190 g/mol. The van der Waals surface area contributed by atoms with Gasteiger partial charge in [0.05, 0.1) is 12.2 Å². The number of thioether (sulfide) groups is 1. The topological polar surface area (TPSA) is 29.5 Å². The fourth-order valence-electron chi connectivity index (χ4n) is 1.24. The molecule has 2 nitrogen and oxygen atoms in total. The summed E-state index contributed by atoms with van der Waals surface area (Å²) in [6, 6.07) is 0. The molecule has 0 aliphatic carbocycles. The van der Waals surface area contributed by atoms with Crippen LogP contribution in [0.4, 0.5) is 0 Å². The second-order valence-corrected chi connectivity index (χ2v) is 4.50. The minimum atomic E-state index is -0.151. The van der Waals surface area contributed by atoms with Gasteiger partial charge in [-0.15, -0.1) is 0 Å². The molecule has 3 heteroatoms. The molecule has 1 fully saturated rings. The summed E-state index contributed by atoms with van der Waals surface area (Å²) >= 11 is 1.89. The lowest BCUT2D eigenvalue weighted by molar-refractivity contribution is 0.128. The average molecular weight is 190 g/mol. The van der Waals surface area contributed by atoms with Crippen LogP contribution < -0.4 is 0 Å². The van der Waals surface area contributed by atoms with Crippen molar-refractivity contribution < 1.29 is 9.84 Å². The molecule has 1 N–H and O–H groups in total. The first-order valence-corrected chi connectivity index (χ1v) is 5.82. The van der Waals surface area contributed by atoms with Crippen molar-refractivity contribution in [2.24, 2.45) is 0 Å². The van der Waals surface area contributed by atoms with Crippen LogP contribution in [0.3, 0.4) is 0 Å². The van der Waals surface area contributed by atoms with E-state index >= 15 is 0 Å². The molecule has 2 atom stereocenters. The van der Waals surface area contributed by atoms with Gasteiger partial charge in [0.25, 0.3) is 0 Å². The van der Waals surface area contributed by atoms with Crippen LogP contribution in [0.25, 0.3) is 0 Å². The first kappa shape index (κ1) is 10.4. The molecule has 1 heterocycles. The van der Waals surface area contributed by atoms with Gasteiger partial charge in [0.15, 0.2) is 0 Å². The maximum Gasteiger partial charge on any atom is 0.0666 e. The Balaban J connectivity index is 1.88. The molecule has 0 aromatic heterocycles. The lowest BCUT2D eigenvalue weighted by Crippen LogP contribution is -2.09. The number of aliphatic hydroxyl groups is 1. The number of ether oxygens (including phenoxy) is 1. The normalized spacial score (nSPS) is 26.0. The number of hydrogen-bond acceptors (Lipinski definition) is 3. The molecular weight excluding hydrogens is 172 g/mol. The van der Waals surface area contributed by atoms with Crippen molar-refractivity contribution >= 4 is 11.8 Å². The standard InChI is InChI=1S/C9H18O2S/c1-8(10)4-6-12-7-9-3-2-5-11-9/h8-10H,2-7H2,1H3. The third-order valence-corrected chi connectivity index (χ3v) is 3.14. The predicted octanol–water partition coefficient (Wildman–Crippen LogP) is 1.67. The van der Waals surface area contributed by atoms with Crippen LogP contribution in [0.15, 0.2) is 0 Å². The molecule has 12 heavy (non-hydrogen) atoms. The Kier molecular flexibility index (Phi) is 5.04. The molecule has 0 bridgehead atoms. The van der Waals surface area contributed by atoms with Crippen molar-refractivity contribution in [3.63, 3.8) is 0 Å². The van der Waals surface area contributed by atoms with Crippen LogP contribution in [0, 0.1) is 0 Å². The molecule has 1 saturated heterocycles. The number of aliphatic hydroxyl groups excluding tert-OH is 1. The van der Waals surface area contributed by atoms with E-state index in [0.717, 1.165) is 24.5 Å². The third kappa shape index (κ3) is 4.33. The Morgan fingerprint density at radius 2 is 2.50 bits per heavy atom. The van der Waals surface area contributed by atoms with Crippen molar-refractivity contribution in [1.82, 2.24) is 0 Å². The molecule has 0 amide bonds. The van der Waals surface area contributed by atoms with Gasteiger partial charge in [-0.2, -0.15) is 11.8 Å². The molecular formula is C9H18O2S. The Labute approximate surface area is 78.7 Å². The number of rotatable bonds is 5. The van der Waals surface area contributed by atoms with E-state index in [1.807, 2.05) is 18.7 Å². The van der Waals surface area contributed by atoms with Gasteiger partial charge in [0.1, 0.15) is 0 Å². The summed E-state index contributed by atoms with van der Waals surface area (Å²) in [7, 11) is 0. The highest BCUT2D eigenvalue weighted by atomic mass is 32.2. The molecule has 0 aromatic rings. The maximum absolute atomic E-state index is 9.00. The molecule has 1 rings (SSSR count). The SMILES string of the molecule is CC(O)CCSCC1CCCO1. The second kappa shape index (κ2) is 5.84. The molecule has 2 unspecified atom stereocenters. The van der Waals surface area contributed by atoms with Gasteiger partial charge in [0, 0.05) is 12.4 Å². The van der Waals surface area contributed by atoms with E-state index in [1.165, 1.54) is 12.8 Å². The largest absolute Gasteiger partial charge is 0.393 e. The second-order valence-electron chi connectivity index (χ2n) is 3.35. The highest BCUT2D eigenvalue weighted by molar-refractivity contribution is 7.99. The summed E-state index contributed by atoms with van der Waals surface area (Å²) in [5.74, 6) is 2.16. The Hall–Kier alpha value is 0.270. The number of hydrogen-bond donors (Lipinski definition) is 1. The minimum Gasteiger partial charge on any atom is -0.393 e. The Morgan fingerprint density at radius 3 is 3.08 bits per heavy atom. The first-order valence-electron chi connectivity index (χ1n) is 4.66. The van der Waals surface area contributed by atoms with Crippen molar-refractivity contribution in [3.8, 4) is 0 Å². The van der Waals surface area contributed by atoms with Crippen molar-refractivity contribution in [1.29, 1.82) is 0 Å². The van der Waals surface area contributed by atoms with Crippen LogP contribution in [0.2, 0.25) is 0 Å². The highest BCUT2D eigenvalue weighted by Crippen LogP contribution is 2.17. The van der Waals surface area contributed by atoms with Crippen molar-refractivity contribution in [3.05, 3.63) is 0 Å². The van der Waals surface area contributed by atoms with Gasteiger partial charge in [0.2, 0.25) is 0 Å². The van der Waals surface area contributed by atoms with E-state index in [1.54, 1.807) is 0 Å². The van der Waals surface area contributed by atoms with Crippen LogP contribution >= 0.6 is 11.8 Å². The summed E-state index contributed by atoms with van der Waals surface area (Å²) in [5.41, 5.74) is 0. The van der Waals surface area contributed by atoms with Gasteiger partial charge in [-0.05, 0) is 31.9 Å². The molecule has 72 valence electrons. The van der Waals surface area contributed by atoms with E-state index in [4.69, 9.17) is 9.84 Å². The highest BCUT2D eigenvalue weighted by Gasteiger charge is 2.14. The van der Waals surface area contributed by atoms with Gasteiger partial charge in [-0.25, -0.2) is 0 Å². The lowest BCUT2D eigenvalue weighted by Gasteiger charge is -2.08. The Bertz CT molecular complexity index is 111. The van der Waals surface area contributed by atoms with Crippen LogP contribution in [-0.4, -0.2) is 35.4 Å². The van der Waals surface area contributed by atoms with E-state index < -0.39 is 0 Å². The molecule has 0 aromatic carbocycles. The lowest BCUT2D eigenvalue weighted by atomic mass is 10.3. The van der Waals surface area contributed by atoms with Crippen molar-refractivity contribution in [2.75, 3.05) is 18.1 Å². The van der Waals surface area contributed by atoms with Gasteiger partial charge < -0.3 is 9.84 Å². The summed E-state index contributed by atoms with van der Waals surface area (Å²) in [6.45, 7) is 2.79. The van der Waals surface area contributed by atoms with Gasteiger partial charge in [-0.3, -0.25) is 0 Å². The van der Waals surface area contributed by atoms with Gasteiger partial charge >= 0.3 is 0 Å². The summed E-state index contributed by atoms with van der Waals surface area (Å²) in [4.78, 5) is 0. The van der Waals surface area contributed by atoms with E-state index in [0.29, 0.717) is 6.10 Å². The molecule has 1 aliphatic rings. The molecule has 0 saturated carbocycles. The molecule has 0 radical (unpaired) electrons. The predicted molar refractivity (Wildman–Crippen MR) is 52.6 cm³/mol. The zero-order valence-corrected chi connectivity index (χ0v) is 8.48. The Morgan fingerprint density at radius 1 is 1.67 bits per heavy atom. The van der Waals surface area contributed by atoms with Crippen LogP contribution in [-0.2, 0) is 4.74 Å². The zero-order chi connectivity index (χ0) is 8.81. The van der Waals surface area contributed by atoms with Crippen LogP contribution in [0.1, 0.15) is 26.2 Å². The summed E-state index contributed by atoms with van der Waals surface area (Å²) in [6.07, 6.45) is 3.69. The van der Waals surface area contributed by atoms with Crippen LogP contribution in [0.5, 0.6) is 0 Å². The van der Waals surface area contributed by atoms with E-state index in [9.17, 15) is 0 Å². The molecule has 0 spiro atoms. The summed E-state index contributed by atoms with van der Waals surface area (Å²) in [5, 5.41) is 9.00. The minimum absolute atomic E-state index is 0.151. The quantitative estimate of drug-likeness (QED) is 0.669. The van der Waals surface area contributed by atoms with Crippen molar-refractivity contribution in [2.45, 2.75) is 38.4 Å². The van der Waals surface area contributed by atoms with Gasteiger partial charge in [-0.1, -0.05) is 0 Å².